The predicted octanol–water partition coefficient (Wildman–Crippen LogP) is 2.48. The van der Waals surface area contributed by atoms with Gasteiger partial charge < -0.3 is 19.5 Å². The van der Waals surface area contributed by atoms with Crippen LogP contribution in [0, 0.1) is 6.92 Å². The number of aryl methyl sites for hydroxylation is 1. The Balaban J connectivity index is 1.33. The third-order valence-electron chi connectivity index (χ3n) is 4.95. The Morgan fingerprint density at radius 2 is 1.77 bits per heavy atom. The molecule has 0 radical (unpaired) electrons. The largest absolute Gasteiger partial charge is 0.370 e. The van der Waals surface area contributed by atoms with E-state index in [1.807, 2.05) is 61.5 Å². The lowest BCUT2D eigenvalue weighted by Crippen LogP contribution is -2.44. The van der Waals surface area contributed by atoms with Crippen LogP contribution in [0.5, 0.6) is 0 Å². The van der Waals surface area contributed by atoms with Crippen LogP contribution in [-0.4, -0.2) is 43.5 Å². The van der Waals surface area contributed by atoms with Gasteiger partial charge in [0.05, 0.1) is 25.9 Å². The number of carbonyl (C=O) groups is 1. The SMILES string of the molecule is Cc1ccc(C(=O)N[C@@H]2CO[C@@H]3[C@@H]2OC[C@H]3OCc2ccccc2)cc1. The van der Waals surface area contributed by atoms with Gasteiger partial charge in [0.25, 0.3) is 5.91 Å². The lowest BCUT2D eigenvalue weighted by atomic mass is 10.1. The molecule has 136 valence electrons. The second-order valence-electron chi connectivity index (χ2n) is 6.88. The standard InChI is InChI=1S/C21H23NO4/c1-14-7-9-16(10-8-14)21(23)22-17-12-25-20-18(13-26-19(17)20)24-11-15-5-3-2-4-6-15/h2-10,17-20H,11-13H2,1H3,(H,22,23)/t17-,18-,19-,20+/m1/s1. The van der Waals surface area contributed by atoms with Gasteiger partial charge >= 0.3 is 0 Å². The first-order valence-electron chi connectivity index (χ1n) is 8.97. The van der Waals surface area contributed by atoms with Crippen molar-refractivity contribution in [1.82, 2.24) is 5.32 Å². The number of amides is 1. The molecule has 26 heavy (non-hydrogen) atoms. The van der Waals surface area contributed by atoms with Crippen LogP contribution in [0.3, 0.4) is 0 Å². The topological polar surface area (TPSA) is 56.8 Å². The summed E-state index contributed by atoms with van der Waals surface area (Å²) in [5.74, 6) is -0.100. The fourth-order valence-corrected chi connectivity index (χ4v) is 3.46. The van der Waals surface area contributed by atoms with Gasteiger partial charge in [-0.1, -0.05) is 48.0 Å². The van der Waals surface area contributed by atoms with Crippen LogP contribution in [0.1, 0.15) is 21.5 Å². The van der Waals surface area contributed by atoms with Crippen molar-refractivity contribution in [2.75, 3.05) is 13.2 Å². The summed E-state index contributed by atoms with van der Waals surface area (Å²) < 4.78 is 17.8. The highest BCUT2D eigenvalue weighted by atomic mass is 16.6. The highest BCUT2D eigenvalue weighted by Crippen LogP contribution is 2.29. The maximum atomic E-state index is 12.4. The average molecular weight is 353 g/mol. The summed E-state index contributed by atoms with van der Waals surface area (Å²) in [4.78, 5) is 12.4. The molecule has 4 atom stereocenters. The number of hydrogen-bond donors (Lipinski definition) is 1. The van der Waals surface area contributed by atoms with Gasteiger partial charge in [0.2, 0.25) is 0 Å². The van der Waals surface area contributed by atoms with Crippen molar-refractivity contribution >= 4 is 5.91 Å². The quantitative estimate of drug-likeness (QED) is 0.897. The van der Waals surface area contributed by atoms with E-state index in [2.05, 4.69) is 5.32 Å². The Kier molecular flexibility index (Phi) is 5.02. The third kappa shape index (κ3) is 3.65. The summed E-state index contributed by atoms with van der Waals surface area (Å²) in [6.45, 7) is 3.46. The molecule has 2 aliphatic heterocycles. The van der Waals surface area contributed by atoms with Crippen LogP contribution >= 0.6 is 0 Å². The van der Waals surface area contributed by atoms with Gasteiger partial charge in [0.15, 0.2) is 0 Å². The smallest absolute Gasteiger partial charge is 0.251 e. The van der Waals surface area contributed by atoms with E-state index in [0.29, 0.717) is 25.4 Å². The molecule has 2 aliphatic rings. The Labute approximate surface area is 153 Å². The van der Waals surface area contributed by atoms with Gasteiger partial charge in [0, 0.05) is 5.56 Å². The third-order valence-corrected chi connectivity index (χ3v) is 4.95. The predicted molar refractivity (Wildman–Crippen MR) is 96.9 cm³/mol. The van der Waals surface area contributed by atoms with Gasteiger partial charge in [-0.05, 0) is 24.6 Å². The monoisotopic (exact) mass is 353 g/mol. The van der Waals surface area contributed by atoms with Gasteiger partial charge in [-0.15, -0.1) is 0 Å². The van der Waals surface area contributed by atoms with E-state index in [-0.39, 0.29) is 30.3 Å². The van der Waals surface area contributed by atoms with Gasteiger partial charge in [0.1, 0.15) is 18.3 Å². The van der Waals surface area contributed by atoms with Crippen molar-refractivity contribution < 1.29 is 19.0 Å². The van der Waals surface area contributed by atoms with Gasteiger partial charge in [-0.2, -0.15) is 0 Å². The zero-order chi connectivity index (χ0) is 17.9. The molecule has 2 heterocycles. The highest BCUT2D eigenvalue weighted by molar-refractivity contribution is 5.94. The van der Waals surface area contributed by atoms with E-state index >= 15 is 0 Å². The molecule has 2 aromatic carbocycles. The second-order valence-corrected chi connectivity index (χ2v) is 6.88. The van der Waals surface area contributed by atoms with E-state index in [1.165, 1.54) is 0 Å². The van der Waals surface area contributed by atoms with E-state index < -0.39 is 0 Å². The van der Waals surface area contributed by atoms with Crippen molar-refractivity contribution in [2.24, 2.45) is 0 Å². The normalized spacial score (nSPS) is 27.3. The van der Waals surface area contributed by atoms with Crippen LogP contribution in [0.4, 0.5) is 0 Å². The number of ether oxygens (including phenoxy) is 3. The molecule has 0 spiro atoms. The fourth-order valence-electron chi connectivity index (χ4n) is 3.46. The summed E-state index contributed by atoms with van der Waals surface area (Å²) in [5.41, 5.74) is 2.90. The number of rotatable bonds is 5. The zero-order valence-electron chi connectivity index (χ0n) is 14.8. The molecular formula is C21H23NO4. The number of carbonyl (C=O) groups excluding carboxylic acids is 1. The molecular weight excluding hydrogens is 330 g/mol. The number of nitrogens with one attached hydrogen (secondary N) is 1. The number of hydrogen-bond acceptors (Lipinski definition) is 4. The fraction of sp³-hybridized carbons (Fsp3) is 0.381. The lowest BCUT2D eigenvalue weighted by molar-refractivity contribution is -0.0392. The Morgan fingerprint density at radius 1 is 1.04 bits per heavy atom. The summed E-state index contributed by atoms with van der Waals surface area (Å²) in [6, 6.07) is 17.4. The first kappa shape index (κ1) is 17.2. The molecule has 5 nitrogen and oxygen atoms in total. The van der Waals surface area contributed by atoms with Gasteiger partial charge in [-0.3, -0.25) is 4.79 Å². The lowest BCUT2D eigenvalue weighted by Gasteiger charge is -2.18. The maximum absolute atomic E-state index is 12.4. The summed E-state index contributed by atoms with van der Waals surface area (Å²) in [7, 11) is 0. The molecule has 2 fully saturated rings. The Morgan fingerprint density at radius 3 is 2.54 bits per heavy atom. The average Bonchev–Trinajstić information content (AvgIpc) is 3.24. The Hall–Kier alpha value is -2.21. The minimum Gasteiger partial charge on any atom is -0.370 e. The number of fused-ring (bicyclic) bond motifs is 1. The van der Waals surface area contributed by atoms with Crippen molar-refractivity contribution in [3.63, 3.8) is 0 Å². The Bertz CT molecular complexity index is 746. The van der Waals surface area contributed by atoms with Gasteiger partial charge in [-0.25, -0.2) is 0 Å². The van der Waals surface area contributed by atoms with Crippen molar-refractivity contribution in [3.8, 4) is 0 Å². The molecule has 1 N–H and O–H groups in total. The van der Waals surface area contributed by atoms with Crippen LogP contribution in [0.2, 0.25) is 0 Å². The van der Waals surface area contributed by atoms with Crippen LogP contribution in [0.25, 0.3) is 0 Å². The maximum Gasteiger partial charge on any atom is 0.251 e. The molecule has 2 saturated heterocycles. The summed E-state index contributed by atoms with van der Waals surface area (Å²) in [5, 5.41) is 3.04. The minimum atomic E-state index is -0.162. The molecule has 0 unspecified atom stereocenters. The van der Waals surface area contributed by atoms with E-state index in [0.717, 1.165) is 11.1 Å². The van der Waals surface area contributed by atoms with Crippen molar-refractivity contribution in [3.05, 3.63) is 71.3 Å². The molecule has 0 bridgehead atoms. The summed E-state index contributed by atoms with van der Waals surface area (Å²) in [6.07, 6.45) is -0.409. The molecule has 4 rings (SSSR count). The second kappa shape index (κ2) is 7.58. The highest BCUT2D eigenvalue weighted by Gasteiger charge is 2.48. The number of benzene rings is 2. The van der Waals surface area contributed by atoms with Crippen LogP contribution in [0.15, 0.2) is 54.6 Å². The van der Waals surface area contributed by atoms with E-state index in [9.17, 15) is 4.79 Å². The van der Waals surface area contributed by atoms with E-state index in [1.54, 1.807) is 0 Å². The van der Waals surface area contributed by atoms with E-state index in [4.69, 9.17) is 14.2 Å². The minimum absolute atomic E-state index is 0.100. The molecule has 0 aromatic heterocycles. The van der Waals surface area contributed by atoms with Crippen molar-refractivity contribution in [1.29, 1.82) is 0 Å². The molecule has 5 heteroatoms. The van der Waals surface area contributed by atoms with Crippen LogP contribution < -0.4 is 5.32 Å². The molecule has 0 aliphatic carbocycles. The molecule has 0 saturated carbocycles. The van der Waals surface area contributed by atoms with Crippen LogP contribution in [-0.2, 0) is 20.8 Å². The molecule has 2 aromatic rings. The first-order chi connectivity index (χ1) is 12.7. The molecule has 1 amide bonds. The summed E-state index contributed by atoms with van der Waals surface area (Å²) >= 11 is 0. The zero-order valence-corrected chi connectivity index (χ0v) is 14.8. The van der Waals surface area contributed by atoms with Crippen molar-refractivity contribution in [2.45, 2.75) is 37.9 Å². The first-order valence-corrected chi connectivity index (χ1v) is 8.97.